The van der Waals surface area contributed by atoms with Gasteiger partial charge in [0.2, 0.25) is 0 Å². The van der Waals surface area contributed by atoms with Crippen molar-refractivity contribution in [3.05, 3.63) is 12.8 Å². The number of hydrogen-bond acceptors (Lipinski definition) is 2. The lowest BCUT2D eigenvalue weighted by atomic mass is 9.85. The Labute approximate surface area is 89.6 Å². The van der Waals surface area contributed by atoms with Gasteiger partial charge in [0.15, 0.2) is 0 Å². The molecule has 0 saturated heterocycles. The Morgan fingerprint density at radius 3 is 2.00 bits per heavy atom. The molecule has 0 aliphatic carbocycles. The summed E-state index contributed by atoms with van der Waals surface area (Å²) >= 11 is 0. The van der Waals surface area contributed by atoms with Crippen LogP contribution in [0.1, 0.15) is 27.7 Å². The first kappa shape index (κ1) is 13.5. The van der Waals surface area contributed by atoms with Crippen LogP contribution in [0.3, 0.4) is 0 Å². The molecule has 0 spiro atoms. The summed E-state index contributed by atoms with van der Waals surface area (Å²) in [6, 6.07) is 0.556. The van der Waals surface area contributed by atoms with E-state index < -0.39 is 0 Å². The Bertz CT molecular complexity index is 168. The predicted molar refractivity (Wildman–Crippen MR) is 64.4 cm³/mol. The van der Waals surface area contributed by atoms with Gasteiger partial charge < -0.3 is 9.80 Å². The summed E-state index contributed by atoms with van der Waals surface area (Å²) in [5.74, 6) is 0. The normalized spacial score (nSPS) is 14.2. The minimum Gasteiger partial charge on any atom is -0.377 e. The Balaban J connectivity index is 4.45. The van der Waals surface area contributed by atoms with Gasteiger partial charge >= 0.3 is 0 Å². The summed E-state index contributed by atoms with van der Waals surface area (Å²) in [6.45, 7) is 14.9. The number of nitrogens with zero attached hydrogens (tertiary/aromatic N) is 2. The fraction of sp³-hybridized carbons (Fsp3) is 0.833. The topological polar surface area (TPSA) is 6.48 Å². The zero-order valence-corrected chi connectivity index (χ0v) is 10.7. The van der Waals surface area contributed by atoms with Gasteiger partial charge in [-0.25, -0.2) is 0 Å². The highest BCUT2D eigenvalue weighted by Crippen LogP contribution is 2.23. The van der Waals surface area contributed by atoms with E-state index in [1.807, 2.05) is 6.20 Å². The quantitative estimate of drug-likeness (QED) is 0.669. The highest BCUT2D eigenvalue weighted by Gasteiger charge is 2.27. The van der Waals surface area contributed by atoms with Crippen molar-refractivity contribution in [2.75, 3.05) is 27.2 Å². The summed E-state index contributed by atoms with van der Waals surface area (Å²) in [4.78, 5) is 4.56. The molecule has 0 aliphatic rings. The molecule has 0 N–H and O–H groups in total. The van der Waals surface area contributed by atoms with E-state index in [0.717, 1.165) is 13.1 Å². The Morgan fingerprint density at radius 1 is 1.29 bits per heavy atom. The van der Waals surface area contributed by atoms with Crippen LogP contribution in [0.15, 0.2) is 12.8 Å². The van der Waals surface area contributed by atoms with Crippen LogP contribution in [0.2, 0.25) is 0 Å². The first-order valence-electron chi connectivity index (χ1n) is 5.36. The molecule has 0 heterocycles. The van der Waals surface area contributed by atoms with E-state index in [1.165, 1.54) is 0 Å². The molecule has 84 valence electrons. The molecular formula is C12H26N2. The van der Waals surface area contributed by atoms with Crippen molar-refractivity contribution in [1.82, 2.24) is 9.80 Å². The molecule has 0 aromatic heterocycles. The van der Waals surface area contributed by atoms with Gasteiger partial charge in [0.25, 0.3) is 0 Å². The molecular weight excluding hydrogens is 172 g/mol. The van der Waals surface area contributed by atoms with E-state index >= 15 is 0 Å². The zero-order chi connectivity index (χ0) is 11.4. The lowest BCUT2D eigenvalue weighted by Gasteiger charge is -2.39. The summed E-state index contributed by atoms with van der Waals surface area (Å²) in [5.41, 5.74) is 0.305. The molecule has 0 radical (unpaired) electrons. The second-order valence-electron chi connectivity index (χ2n) is 5.12. The van der Waals surface area contributed by atoms with Gasteiger partial charge in [0.05, 0.1) is 0 Å². The van der Waals surface area contributed by atoms with E-state index in [4.69, 9.17) is 0 Å². The van der Waals surface area contributed by atoms with Crippen molar-refractivity contribution in [3.8, 4) is 0 Å². The molecule has 0 saturated carbocycles. The first-order valence-corrected chi connectivity index (χ1v) is 5.36. The maximum atomic E-state index is 3.83. The third kappa shape index (κ3) is 4.14. The maximum absolute atomic E-state index is 3.83. The van der Waals surface area contributed by atoms with Crippen molar-refractivity contribution < 1.29 is 0 Å². The van der Waals surface area contributed by atoms with Gasteiger partial charge in [0, 0.05) is 19.1 Å². The lowest BCUT2D eigenvalue weighted by molar-refractivity contribution is 0.120. The Morgan fingerprint density at radius 2 is 1.79 bits per heavy atom. The summed E-state index contributed by atoms with van der Waals surface area (Å²) in [6.07, 6.45) is 1.93. The molecule has 14 heavy (non-hydrogen) atoms. The van der Waals surface area contributed by atoms with Crippen LogP contribution in [0.25, 0.3) is 0 Å². The monoisotopic (exact) mass is 198 g/mol. The van der Waals surface area contributed by atoms with Gasteiger partial charge in [-0.15, -0.1) is 0 Å². The van der Waals surface area contributed by atoms with Crippen LogP contribution in [0, 0.1) is 5.41 Å². The molecule has 0 rings (SSSR count). The molecule has 0 fully saturated rings. The van der Waals surface area contributed by atoms with Crippen LogP contribution < -0.4 is 0 Å². The fourth-order valence-corrected chi connectivity index (χ4v) is 1.77. The number of rotatable bonds is 5. The number of hydrogen-bond donors (Lipinski definition) is 0. The van der Waals surface area contributed by atoms with Crippen LogP contribution in [-0.2, 0) is 0 Å². The molecule has 0 aliphatic heterocycles. The van der Waals surface area contributed by atoms with Crippen molar-refractivity contribution in [1.29, 1.82) is 0 Å². The van der Waals surface area contributed by atoms with Crippen LogP contribution >= 0.6 is 0 Å². The molecule has 0 amide bonds. The average molecular weight is 198 g/mol. The van der Waals surface area contributed by atoms with Gasteiger partial charge in [0.1, 0.15) is 0 Å². The van der Waals surface area contributed by atoms with Crippen molar-refractivity contribution in [2.24, 2.45) is 5.41 Å². The predicted octanol–water partition coefficient (Wildman–Crippen LogP) is 2.43. The van der Waals surface area contributed by atoms with Crippen molar-refractivity contribution in [2.45, 2.75) is 33.7 Å². The highest BCUT2D eigenvalue weighted by molar-refractivity contribution is 4.85. The zero-order valence-electron chi connectivity index (χ0n) is 10.7. The van der Waals surface area contributed by atoms with Crippen LogP contribution in [-0.4, -0.2) is 43.0 Å². The Hall–Kier alpha value is -0.500. The van der Waals surface area contributed by atoms with E-state index in [-0.39, 0.29) is 0 Å². The minimum absolute atomic E-state index is 0.305. The highest BCUT2D eigenvalue weighted by atomic mass is 15.2. The van der Waals surface area contributed by atoms with E-state index in [2.05, 4.69) is 58.2 Å². The molecule has 0 bridgehead atoms. The van der Waals surface area contributed by atoms with E-state index in [1.54, 1.807) is 0 Å². The fourth-order valence-electron chi connectivity index (χ4n) is 1.77. The minimum atomic E-state index is 0.305. The summed E-state index contributed by atoms with van der Waals surface area (Å²) < 4.78 is 0. The standard InChI is InChI=1S/C12H26N2/c1-8-14(9-2)10-11(13(6)7)12(3,4)5/h8,11H,1,9-10H2,2-7H3. The van der Waals surface area contributed by atoms with E-state index in [0.29, 0.717) is 11.5 Å². The average Bonchev–Trinajstić information content (AvgIpc) is 2.03. The molecule has 1 atom stereocenters. The second-order valence-corrected chi connectivity index (χ2v) is 5.12. The molecule has 2 nitrogen and oxygen atoms in total. The molecule has 0 aromatic rings. The van der Waals surface area contributed by atoms with Crippen molar-refractivity contribution in [3.63, 3.8) is 0 Å². The van der Waals surface area contributed by atoms with Crippen LogP contribution in [0.4, 0.5) is 0 Å². The summed E-state index contributed by atoms with van der Waals surface area (Å²) in [5, 5.41) is 0. The molecule has 2 heteroatoms. The van der Waals surface area contributed by atoms with Gasteiger partial charge in [-0.2, -0.15) is 0 Å². The third-order valence-electron chi connectivity index (χ3n) is 2.69. The van der Waals surface area contributed by atoms with Crippen molar-refractivity contribution >= 4 is 0 Å². The maximum Gasteiger partial charge on any atom is 0.0333 e. The van der Waals surface area contributed by atoms with Gasteiger partial charge in [-0.05, 0) is 32.6 Å². The van der Waals surface area contributed by atoms with Gasteiger partial charge in [-0.1, -0.05) is 27.4 Å². The molecule has 1 unspecified atom stereocenters. The number of likely N-dealkylation sites (N-methyl/N-ethyl adjacent to an activating group) is 2. The molecule has 0 aromatic carbocycles. The third-order valence-corrected chi connectivity index (χ3v) is 2.69. The lowest BCUT2D eigenvalue weighted by Crippen LogP contribution is -2.46. The first-order chi connectivity index (χ1) is 6.32. The van der Waals surface area contributed by atoms with Crippen LogP contribution in [0.5, 0.6) is 0 Å². The SMILES string of the molecule is C=CN(CC)CC(N(C)C)C(C)(C)C. The van der Waals surface area contributed by atoms with E-state index in [9.17, 15) is 0 Å². The largest absolute Gasteiger partial charge is 0.377 e. The second kappa shape index (κ2) is 5.40. The summed E-state index contributed by atoms with van der Waals surface area (Å²) in [7, 11) is 4.29. The smallest absolute Gasteiger partial charge is 0.0333 e. The van der Waals surface area contributed by atoms with Gasteiger partial charge in [-0.3, -0.25) is 0 Å². The Kier molecular flexibility index (Phi) is 5.21.